The Morgan fingerprint density at radius 1 is 0.733 bits per heavy atom. The highest BCUT2D eigenvalue weighted by molar-refractivity contribution is 6.39. The molecule has 3 aromatic carbocycles. The minimum Gasteiger partial charge on any atom is -0.326 e. The molecule has 0 unspecified atom stereocenters. The van der Waals surface area contributed by atoms with Gasteiger partial charge in [-0.3, -0.25) is 9.59 Å². The zero-order valence-electron chi connectivity index (χ0n) is 15.9. The minimum atomic E-state index is -4.65. The van der Waals surface area contributed by atoms with Crippen molar-refractivity contribution in [3.05, 3.63) is 102 Å². The van der Waals surface area contributed by atoms with E-state index < -0.39 is 29.2 Å². The molecule has 0 spiro atoms. The van der Waals surface area contributed by atoms with E-state index in [4.69, 9.17) is 0 Å². The van der Waals surface area contributed by atoms with E-state index in [0.29, 0.717) is 0 Å². The Kier molecular flexibility index (Phi) is 6.51. The third kappa shape index (κ3) is 5.47. The first-order valence-corrected chi connectivity index (χ1v) is 9.19. The maximum absolute atomic E-state index is 13.2. The molecule has 0 aliphatic carbocycles. The van der Waals surface area contributed by atoms with Crippen molar-refractivity contribution >= 4 is 17.5 Å². The molecule has 30 heavy (non-hydrogen) atoms. The molecule has 0 saturated carbocycles. The molecule has 0 bridgehead atoms. The molecule has 4 nitrogen and oxygen atoms in total. The van der Waals surface area contributed by atoms with Gasteiger partial charge in [0, 0.05) is 13.1 Å². The van der Waals surface area contributed by atoms with Crippen LogP contribution in [-0.4, -0.2) is 16.7 Å². The number of carbonyl (C=O) groups is 2. The lowest BCUT2D eigenvalue weighted by atomic mass is 10.1. The minimum absolute atomic E-state index is 0.142. The van der Waals surface area contributed by atoms with Gasteiger partial charge < -0.3 is 10.2 Å². The van der Waals surface area contributed by atoms with E-state index in [1.807, 2.05) is 36.4 Å². The van der Waals surface area contributed by atoms with Gasteiger partial charge in [-0.1, -0.05) is 72.8 Å². The molecule has 1 N–H and O–H groups in total. The summed E-state index contributed by atoms with van der Waals surface area (Å²) in [5, 5.41) is 2.12. The van der Waals surface area contributed by atoms with Crippen molar-refractivity contribution in [1.82, 2.24) is 4.90 Å². The fourth-order valence-corrected chi connectivity index (χ4v) is 2.97. The molecule has 2 amide bonds. The van der Waals surface area contributed by atoms with Crippen molar-refractivity contribution in [3.63, 3.8) is 0 Å². The molecule has 0 fully saturated rings. The van der Waals surface area contributed by atoms with Crippen LogP contribution in [-0.2, 0) is 28.9 Å². The van der Waals surface area contributed by atoms with Crippen LogP contribution in [0.25, 0.3) is 0 Å². The number of halogens is 3. The van der Waals surface area contributed by atoms with Gasteiger partial charge in [0.15, 0.2) is 0 Å². The number of rotatable bonds is 5. The number of carbonyl (C=O) groups excluding carboxylic acids is 2. The number of alkyl halides is 3. The van der Waals surface area contributed by atoms with Crippen molar-refractivity contribution in [2.45, 2.75) is 19.3 Å². The predicted octanol–water partition coefficient (Wildman–Crippen LogP) is 4.87. The molecule has 154 valence electrons. The summed E-state index contributed by atoms with van der Waals surface area (Å²) in [5.74, 6) is -2.04. The van der Waals surface area contributed by atoms with Crippen LogP contribution < -0.4 is 5.32 Å². The van der Waals surface area contributed by atoms with Crippen molar-refractivity contribution < 1.29 is 22.8 Å². The number of benzene rings is 3. The first-order valence-electron chi connectivity index (χ1n) is 9.19. The van der Waals surface area contributed by atoms with Gasteiger partial charge in [0.05, 0.1) is 11.3 Å². The summed E-state index contributed by atoms with van der Waals surface area (Å²) in [4.78, 5) is 26.7. The number of para-hydroxylation sites is 1. The number of amides is 2. The highest BCUT2D eigenvalue weighted by Gasteiger charge is 2.34. The van der Waals surface area contributed by atoms with Gasteiger partial charge in [-0.15, -0.1) is 0 Å². The summed E-state index contributed by atoms with van der Waals surface area (Å²) in [6, 6.07) is 22.7. The number of anilines is 1. The number of hydrogen-bond donors (Lipinski definition) is 1. The van der Waals surface area contributed by atoms with Crippen molar-refractivity contribution in [2.75, 3.05) is 5.32 Å². The fraction of sp³-hybridized carbons (Fsp3) is 0.130. The van der Waals surface area contributed by atoms with Gasteiger partial charge in [0.1, 0.15) is 0 Å². The topological polar surface area (TPSA) is 49.4 Å². The van der Waals surface area contributed by atoms with E-state index in [0.717, 1.165) is 23.3 Å². The van der Waals surface area contributed by atoms with E-state index in [2.05, 4.69) is 5.32 Å². The molecule has 0 radical (unpaired) electrons. The third-order valence-corrected chi connectivity index (χ3v) is 4.39. The molecule has 0 heterocycles. The summed E-state index contributed by atoms with van der Waals surface area (Å²) in [6.07, 6.45) is -4.65. The molecule has 0 atom stereocenters. The van der Waals surface area contributed by atoms with Gasteiger partial charge in [-0.25, -0.2) is 0 Å². The van der Waals surface area contributed by atoms with Gasteiger partial charge in [0.2, 0.25) is 0 Å². The van der Waals surface area contributed by atoms with Crippen LogP contribution in [0.2, 0.25) is 0 Å². The molecule has 7 heteroatoms. The molecule has 3 aromatic rings. The molecule has 0 aromatic heterocycles. The van der Waals surface area contributed by atoms with Gasteiger partial charge in [0.25, 0.3) is 0 Å². The lowest BCUT2D eigenvalue weighted by molar-refractivity contribution is -0.144. The smallest absolute Gasteiger partial charge is 0.326 e. The highest BCUT2D eigenvalue weighted by atomic mass is 19.4. The zero-order valence-corrected chi connectivity index (χ0v) is 15.9. The summed E-state index contributed by atoms with van der Waals surface area (Å²) < 4.78 is 39.6. The molecular formula is C23H19F3N2O2. The lowest BCUT2D eigenvalue weighted by Gasteiger charge is -2.23. The third-order valence-electron chi connectivity index (χ3n) is 4.39. The zero-order chi connectivity index (χ0) is 21.6. The van der Waals surface area contributed by atoms with Crippen LogP contribution in [0.3, 0.4) is 0 Å². The Morgan fingerprint density at radius 3 is 1.70 bits per heavy atom. The summed E-state index contributed by atoms with van der Waals surface area (Å²) in [5.41, 5.74) is 0.127. The average Bonchev–Trinajstić information content (AvgIpc) is 2.74. The molecule has 0 aliphatic heterocycles. The number of nitrogens with zero attached hydrogens (tertiary/aromatic N) is 1. The predicted molar refractivity (Wildman–Crippen MR) is 107 cm³/mol. The highest BCUT2D eigenvalue weighted by Crippen LogP contribution is 2.34. The Morgan fingerprint density at radius 2 is 1.20 bits per heavy atom. The van der Waals surface area contributed by atoms with Crippen LogP contribution in [0.1, 0.15) is 16.7 Å². The Balaban J connectivity index is 1.82. The van der Waals surface area contributed by atoms with Crippen LogP contribution in [0.15, 0.2) is 84.9 Å². The largest absolute Gasteiger partial charge is 0.418 e. The van der Waals surface area contributed by atoms with Crippen LogP contribution in [0.4, 0.5) is 18.9 Å². The van der Waals surface area contributed by atoms with Crippen molar-refractivity contribution in [1.29, 1.82) is 0 Å². The summed E-state index contributed by atoms with van der Waals surface area (Å²) in [6.45, 7) is 0.284. The van der Waals surface area contributed by atoms with Crippen molar-refractivity contribution in [2.24, 2.45) is 0 Å². The Hall–Kier alpha value is -3.61. The second-order valence-electron chi connectivity index (χ2n) is 6.63. The Labute approximate surface area is 171 Å². The molecule has 0 saturated heterocycles. The maximum Gasteiger partial charge on any atom is 0.418 e. The van der Waals surface area contributed by atoms with E-state index >= 15 is 0 Å². The van der Waals surface area contributed by atoms with E-state index in [9.17, 15) is 22.8 Å². The van der Waals surface area contributed by atoms with Gasteiger partial charge >= 0.3 is 18.0 Å². The second-order valence-corrected chi connectivity index (χ2v) is 6.63. The normalized spacial score (nSPS) is 11.0. The monoisotopic (exact) mass is 412 g/mol. The fourth-order valence-electron chi connectivity index (χ4n) is 2.97. The quantitative estimate of drug-likeness (QED) is 0.608. The van der Waals surface area contributed by atoms with E-state index in [-0.39, 0.29) is 13.1 Å². The summed E-state index contributed by atoms with van der Waals surface area (Å²) in [7, 11) is 0. The standard InChI is InChI=1S/C23H19F3N2O2/c24-23(25,26)19-13-7-8-14-20(19)27-21(29)22(30)28(15-17-9-3-1-4-10-17)16-18-11-5-2-6-12-18/h1-14H,15-16H2,(H,27,29). The molecule has 3 rings (SSSR count). The number of nitrogens with one attached hydrogen (secondary N) is 1. The first-order chi connectivity index (χ1) is 14.3. The molecular weight excluding hydrogens is 393 g/mol. The van der Waals surface area contributed by atoms with Crippen molar-refractivity contribution in [3.8, 4) is 0 Å². The lowest BCUT2D eigenvalue weighted by Crippen LogP contribution is -2.39. The number of hydrogen-bond acceptors (Lipinski definition) is 2. The summed E-state index contributed by atoms with van der Waals surface area (Å²) >= 11 is 0. The maximum atomic E-state index is 13.2. The second kappa shape index (κ2) is 9.26. The SMILES string of the molecule is O=C(Nc1ccccc1C(F)(F)F)C(=O)N(Cc1ccccc1)Cc1ccccc1. The van der Waals surface area contributed by atoms with Crippen LogP contribution in [0.5, 0.6) is 0 Å². The Bertz CT molecular complexity index is 964. The first kappa shape index (κ1) is 21.1. The van der Waals surface area contributed by atoms with Crippen LogP contribution >= 0.6 is 0 Å². The van der Waals surface area contributed by atoms with E-state index in [1.165, 1.54) is 17.0 Å². The molecule has 0 aliphatic rings. The van der Waals surface area contributed by atoms with Crippen LogP contribution in [0, 0.1) is 0 Å². The van der Waals surface area contributed by atoms with Gasteiger partial charge in [-0.2, -0.15) is 13.2 Å². The van der Waals surface area contributed by atoms with Gasteiger partial charge in [-0.05, 0) is 23.3 Å². The van der Waals surface area contributed by atoms with E-state index in [1.54, 1.807) is 24.3 Å². The average molecular weight is 412 g/mol.